The van der Waals surface area contributed by atoms with E-state index in [2.05, 4.69) is 4.98 Å². The molecule has 7 nitrogen and oxygen atoms in total. The second-order valence-corrected chi connectivity index (χ2v) is 5.84. The second-order valence-electron chi connectivity index (χ2n) is 5.84. The molecule has 1 aromatic heterocycles. The lowest BCUT2D eigenvalue weighted by molar-refractivity contribution is 0.0603. The Morgan fingerprint density at radius 1 is 0.786 bits per heavy atom. The van der Waals surface area contributed by atoms with E-state index in [0.717, 1.165) is 5.39 Å². The van der Waals surface area contributed by atoms with Crippen LogP contribution in [0.3, 0.4) is 0 Å². The van der Waals surface area contributed by atoms with E-state index in [-0.39, 0.29) is 0 Å². The quantitative estimate of drug-likeness (QED) is 0.601. The summed E-state index contributed by atoms with van der Waals surface area (Å²) in [5, 5.41) is 1.37. The zero-order chi connectivity index (χ0) is 20.3. The van der Waals surface area contributed by atoms with Gasteiger partial charge in [-0.15, -0.1) is 0 Å². The van der Waals surface area contributed by atoms with Gasteiger partial charge in [0.15, 0.2) is 23.0 Å². The Hall–Kier alpha value is -3.48. The summed E-state index contributed by atoms with van der Waals surface area (Å²) in [5.74, 6) is 1.66. The number of esters is 1. The van der Waals surface area contributed by atoms with Gasteiger partial charge in [0.25, 0.3) is 0 Å². The normalized spacial score (nSPS) is 10.5. The number of pyridine rings is 1. The molecule has 0 amide bonds. The van der Waals surface area contributed by atoms with Gasteiger partial charge in [-0.2, -0.15) is 0 Å². The molecule has 0 spiro atoms. The molecule has 0 fully saturated rings. The lowest BCUT2D eigenvalue weighted by atomic mass is 9.99. The maximum atomic E-state index is 12.7. The summed E-state index contributed by atoms with van der Waals surface area (Å²) in [4.78, 5) is 17.2. The SMILES string of the molecule is COC(=O)c1c(-c2ccc(OC)c(OC)c2)ncc2cc(OC)c(OC)cc12. The van der Waals surface area contributed by atoms with Crippen molar-refractivity contribution in [1.29, 1.82) is 0 Å². The van der Waals surface area contributed by atoms with Crippen LogP contribution in [0, 0.1) is 0 Å². The smallest absolute Gasteiger partial charge is 0.340 e. The molecule has 0 aliphatic rings. The van der Waals surface area contributed by atoms with Gasteiger partial charge in [0.05, 0.1) is 46.8 Å². The molecule has 28 heavy (non-hydrogen) atoms. The van der Waals surface area contributed by atoms with Crippen LogP contribution in [0.2, 0.25) is 0 Å². The lowest BCUT2D eigenvalue weighted by Crippen LogP contribution is -2.07. The molecule has 3 rings (SSSR count). The number of carbonyl (C=O) groups excluding carboxylic acids is 1. The average Bonchev–Trinajstić information content (AvgIpc) is 2.75. The van der Waals surface area contributed by atoms with Gasteiger partial charge in [-0.25, -0.2) is 4.79 Å². The highest BCUT2D eigenvalue weighted by Gasteiger charge is 2.21. The van der Waals surface area contributed by atoms with E-state index in [9.17, 15) is 4.79 Å². The first-order valence-corrected chi connectivity index (χ1v) is 8.43. The van der Waals surface area contributed by atoms with Crippen molar-refractivity contribution < 1.29 is 28.5 Å². The molecule has 0 aliphatic carbocycles. The van der Waals surface area contributed by atoms with E-state index in [1.165, 1.54) is 14.2 Å². The van der Waals surface area contributed by atoms with E-state index in [0.29, 0.717) is 45.2 Å². The summed E-state index contributed by atoms with van der Waals surface area (Å²) in [6.45, 7) is 0. The van der Waals surface area contributed by atoms with Crippen molar-refractivity contribution in [1.82, 2.24) is 4.98 Å². The van der Waals surface area contributed by atoms with Crippen molar-refractivity contribution in [2.75, 3.05) is 35.5 Å². The number of nitrogens with zero attached hydrogens (tertiary/aromatic N) is 1. The number of benzene rings is 2. The van der Waals surface area contributed by atoms with E-state index >= 15 is 0 Å². The predicted octanol–water partition coefficient (Wildman–Crippen LogP) is 3.72. The lowest BCUT2D eigenvalue weighted by Gasteiger charge is -2.15. The molecule has 0 N–H and O–H groups in total. The molecule has 7 heteroatoms. The van der Waals surface area contributed by atoms with Gasteiger partial charge in [0.1, 0.15) is 0 Å². The molecule has 0 aliphatic heterocycles. The van der Waals surface area contributed by atoms with Gasteiger partial charge in [0, 0.05) is 22.5 Å². The largest absolute Gasteiger partial charge is 0.493 e. The number of aromatic nitrogens is 1. The average molecular weight is 383 g/mol. The number of fused-ring (bicyclic) bond motifs is 1. The van der Waals surface area contributed by atoms with Crippen molar-refractivity contribution in [2.24, 2.45) is 0 Å². The minimum absolute atomic E-state index is 0.327. The second kappa shape index (κ2) is 8.04. The standard InChI is InChI=1S/C21H21NO6/c1-24-15-7-6-12(8-16(15)25-2)20-19(21(23)28-5)14-10-18(27-4)17(26-3)9-13(14)11-22-20/h6-11H,1-5H3. The van der Waals surface area contributed by atoms with Crippen LogP contribution < -0.4 is 18.9 Å². The highest BCUT2D eigenvalue weighted by molar-refractivity contribution is 6.09. The zero-order valence-electron chi connectivity index (χ0n) is 16.4. The first-order chi connectivity index (χ1) is 13.6. The molecule has 0 atom stereocenters. The van der Waals surface area contributed by atoms with E-state index in [1.807, 2.05) is 6.07 Å². The molecule has 0 unspecified atom stereocenters. The van der Waals surface area contributed by atoms with Crippen molar-refractivity contribution in [3.8, 4) is 34.3 Å². The van der Waals surface area contributed by atoms with Crippen molar-refractivity contribution >= 4 is 16.7 Å². The Balaban J connectivity index is 2.32. The third kappa shape index (κ3) is 3.26. The fourth-order valence-electron chi connectivity index (χ4n) is 3.06. The fourth-order valence-corrected chi connectivity index (χ4v) is 3.06. The summed E-state index contributed by atoms with van der Waals surface area (Å²) in [6.07, 6.45) is 1.68. The van der Waals surface area contributed by atoms with Gasteiger partial charge in [-0.05, 0) is 30.3 Å². The maximum Gasteiger partial charge on any atom is 0.340 e. The van der Waals surface area contributed by atoms with E-state index in [4.69, 9.17) is 23.7 Å². The van der Waals surface area contributed by atoms with Crippen LogP contribution in [0.15, 0.2) is 36.5 Å². The Morgan fingerprint density at radius 3 is 2.00 bits per heavy atom. The van der Waals surface area contributed by atoms with E-state index < -0.39 is 5.97 Å². The van der Waals surface area contributed by atoms with Crippen molar-refractivity contribution in [3.05, 3.63) is 42.1 Å². The zero-order valence-corrected chi connectivity index (χ0v) is 16.4. The number of hydrogen-bond donors (Lipinski definition) is 0. The summed E-state index contributed by atoms with van der Waals surface area (Å²) < 4.78 is 26.4. The van der Waals surface area contributed by atoms with E-state index in [1.54, 1.807) is 51.8 Å². The van der Waals surface area contributed by atoms with Gasteiger partial charge in [-0.3, -0.25) is 4.98 Å². The number of ether oxygens (including phenoxy) is 5. The third-order valence-corrected chi connectivity index (χ3v) is 4.44. The van der Waals surface area contributed by atoms with Crippen molar-refractivity contribution in [2.45, 2.75) is 0 Å². The number of hydrogen-bond acceptors (Lipinski definition) is 7. The summed E-state index contributed by atoms with van der Waals surface area (Å²) in [5.41, 5.74) is 1.48. The minimum Gasteiger partial charge on any atom is -0.493 e. The Morgan fingerprint density at radius 2 is 1.39 bits per heavy atom. The first kappa shape index (κ1) is 19.3. The molecular formula is C21H21NO6. The topological polar surface area (TPSA) is 76.1 Å². The van der Waals surface area contributed by atoms with Crippen molar-refractivity contribution in [3.63, 3.8) is 0 Å². The maximum absolute atomic E-state index is 12.7. The molecule has 2 aromatic carbocycles. The highest BCUT2D eigenvalue weighted by Crippen LogP contribution is 2.38. The summed E-state index contributed by atoms with van der Waals surface area (Å²) in [6, 6.07) is 8.84. The van der Waals surface area contributed by atoms with Crippen LogP contribution in [0.25, 0.3) is 22.0 Å². The monoisotopic (exact) mass is 383 g/mol. The molecule has 0 radical (unpaired) electrons. The fraction of sp³-hybridized carbons (Fsp3) is 0.238. The Labute approximate surface area is 162 Å². The molecule has 1 heterocycles. The van der Waals surface area contributed by atoms with Gasteiger partial charge >= 0.3 is 5.97 Å². The molecule has 0 saturated heterocycles. The van der Waals surface area contributed by atoms with Gasteiger partial charge in [0.2, 0.25) is 0 Å². The molecule has 0 bridgehead atoms. The first-order valence-electron chi connectivity index (χ1n) is 8.43. The molecule has 3 aromatic rings. The number of methoxy groups -OCH3 is 5. The highest BCUT2D eigenvalue weighted by atomic mass is 16.5. The minimum atomic E-state index is -0.505. The molecular weight excluding hydrogens is 362 g/mol. The Kier molecular flexibility index (Phi) is 5.54. The van der Waals surface area contributed by atoms with Crippen LogP contribution in [-0.2, 0) is 4.74 Å². The van der Waals surface area contributed by atoms with Gasteiger partial charge < -0.3 is 23.7 Å². The van der Waals surface area contributed by atoms with Crippen LogP contribution in [0.1, 0.15) is 10.4 Å². The third-order valence-electron chi connectivity index (χ3n) is 4.44. The summed E-state index contributed by atoms with van der Waals surface area (Å²) in [7, 11) is 7.54. The number of carbonyl (C=O) groups is 1. The predicted molar refractivity (Wildman–Crippen MR) is 105 cm³/mol. The van der Waals surface area contributed by atoms with Crippen LogP contribution in [0.4, 0.5) is 0 Å². The Bertz CT molecular complexity index is 1030. The van der Waals surface area contributed by atoms with Crippen LogP contribution in [-0.4, -0.2) is 46.5 Å². The summed E-state index contributed by atoms with van der Waals surface area (Å²) >= 11 is 0. The number of rotatable bonds is 6. The van der Waals surface area contributed by atoms with Gasteiger partial charge in [-0.1, -0.05) is 0 Å². The molecule has 146 valence electrons. The van der Waals surface area contributed by atoms with Crippen LogP contribution >= 0.6 is 0 Å². The molecule has 0 saturated carbocycles. The van der Waals surface area contributed by atoms with Crippen LogP contribution in [0.5, 0.6) is 23.0 Å².